The predicted octanol–water partition coefficient (Wildman–Crippen LogP) is 1.18. The lowest BCUT2D eigenvalue weighted by Gasteiger charge is -2.41. The molecule has 0 aromatic heterocycles. The number of benzene rings is 1. The van der Waals surface area contributed by atoms with Crippen molar-refractivity contribution in [1.29, 1.82) is 10.8 Å². The second-order valence-corrected chi connectivity index (χ2v) is 5.44. The largest absolute Gasteiger partial charge is 0.370 e. The summed E-state index contributed by atoms with van der Waals surface area (Å²) in [5.41, 5.74) is 15.0. The third kappa shape index (κ3) is 3.39. The second kappa shape index (κ2) is 6.22. The summed E-state index contributed by atoms with van der Waals surface area (Å²) in [6.45, 7) is 4.12. The molecule has 0 atom stereocenters. The van der Waals surface area contributed by atoms with Crippen LogP contribution in [-0.4, -0.2) is 11.9 Å². The van der Waals surface area contributed by atoms with Crippen LogP contribution in [0.5, 0.6) is 0 Å². The van der Waals surface area contributed by atoms with Crippen molar-refractivity contribution in [2.75, 3.05) is 0 Å². The maximum absolute atomic E-state index is 7.56. The fourth-order valence-corrected chi connectivity index (χ4v) is 3.13. The van der Waals surface area contributed by atoms with Gasteiger partial charge in [0.25, 0.3) is 0 Å². The molecule has 8 N–H and O–H groups in total. The number of hydrogen-bond donors (Lipinski definition) is 6. The highest BCUT2D eigenvalue weighted by Crippen LogP contribution is 2.35. The highest BCUT2D eigenvalue weighted by Gasteiger charge is 2.38. The summed E-state index contributed by atoms with van der Waals surface area (Å²) in [6, 6.07) is 4.23. The average molecular weight is 311 g/mol. The van der Waals surface area contributed by atoms with E-state index < -0.39 is 5.66 Å². The van der Waals surface area contributed by atoms with Crippen LogP contribution in [0, 0.1) is 24.7 Å². The Morgan fingerprint density at radius 2 is 1.71 bits per heavy atom. The molecule has 6 nitrogen and oxygen atoms in total. The van der Waals surface area contributed by atoms with Crippen LogP contribution >= 0.6 is 12.4 Å². The normalized spacial score (nSPS) is 19.9. The monoisotopic (exact) mass is 310 g/mol. The Morgan fingerprint density at radius 1 is 1.14 bits per heavy atom. The van der Waals surface area contributed by atoms with Crippen molar-refractivity contribution in [3.63, 3.8) is 0 Å². The number of nitrogens with one attached hydrogen (secondary N) is 4. The molecule has 1 aliphatic carbocycles. The predicted molar refractivity (Wildman–Crippen MR) is 87.9 cm³/mol. The molecule has 0 heterocycles. The van der Waals surface area contributed by atoms with Gasteiger partial charge in [-0.2, -0.15) is 0 Å². The minimum Gasteiger partial charge on any atom is -0.370 e. The molecule has 21 heavy (non-hydrogen) atoms. The lowest BCUT2D eigenvalue weighted by Crippen LogP contribution is -2.62. The zero-order valence-electron chi connectivity index (χ0n) is 12.3. The van der Waals surface area contributed by atoms with Crippen LogP contribution in [0.25, 0.3) is 0 Å². The van der Waals surface area contributed by atoms with Gasteiger partial charge >= 0.3 is 0 Å². The highest BCUT2D eigenvalue weighted by molar-refractivity contribution is 5.85. The van der Waals surface area contributed by atoms with Crippen LogP contribution in [0.2, 0.25) is 0 Å². The summed E-state index contributed by atoms with van der Waals surface area (Å²) in [5, 5.41) is 21.1. The third-order valence-corrected chi connectivity index (χ3v) is 3.75. The van der Waals surface area contributed by atoms with Crippen LogP contribution in [-0.2, 0) is 12.1 Å². The van der Waals surface area contributed by atoms with Crippen molar-refractivity contribution in [2.45, 2.75) is 38.8 Å². The van der Waals surface area contributed by atoms with Gasteiger partial charge in [-0.3, -0.25) is 10.8 Å². The maximum Gasteiger partial charge on any atom is 0.187 e. The Kier molecular flexibility index (Phi) is 5.06. The molecular formula is C14H23ClN6. The van der Waals surface area contributed by atoms with Gasteiger partial charge in [-0.05, 0) is 44.2 Å². The van der Waals surface area contributed by atoms with Crippen LogP contribution in [0.3, 0.4) is 0 Å². The van der Waals surface area contributed by atoms with Gasteiger partial charge in [-0.1, -0.05) is 17.7 Å². The van der Waals surface area contributed by atoms with Crippen molar-refractivity contribution in [3.8, 4) is 0 Å². The average Bonchev–Trinajstić information content (AvgIpc) is 2.28. The van der Waals surface area contributed by atoms with Gasteiger partial charge in [-0.25, -0.2) is 0 Å². The van der Waals surface area contributed by atoms with Gasteiger partial charge < -0.3 is 22.1 Å². The van der Waals surface area contributed by atoms with Crippen molar-refractivity contribution in [2.24, 2.45) is 11.5 Å². The Morgan fingerprint density at radius 3 is 2.24 bits per heavy atom. The van der Waals surface area contributed by atoms with Gasteiger partial charge in [0, 0.05) is 5.56 Å². The molecule has 7 heteroatoms. The quantitative estimate of drug-likeness (QED) is 0.279. The number of halogens is 1. The molecule has 0 saturated carbocycles. The number of aryl methyl sites for hydroxylation is 2. The number of nitrogens with two attached hydrogens (primary N) is 2. The molecule has 2 rings (SSSR count). The summed E-state index contributed by atoms with van der Waals surface area (Å²) in [4.78, 5) is 0. The summed E-state index contributed by atoms with van der Waals surface area (Å²) >= 11 is 0. The SMILES string of the molecule is Cc1cc(C)c2c(c1)C(NC(=N)N)(NC(=N)N)CCC2.Cl. The van der Waals surface area contributed by atoms with Crippen molar-refractivity contribution in [3.05, 3.63) is 34.4 Å². The lowest BCUT2D eigenvalue weighted by molar-refractivity contribution is 0.300. The molecule has 116 valence electrons. The zero-order valence-corrected chi connectivity index (χ0v) is 13.2. The molecule has 0 amide bonds. The smallest absolute Gasteiger partial charge is 0.187 e. The van der Waals surface area contributed by atoms with E-state index >= 15 is 0 Å². The van der Waals surface area contributed by atoms with Crippen LogP contribution in [0.15, 0.2) is 12.1 Å². The minimum atomic E-state index is -0.762. The Labute approximate surface area is 131 Å². The van der Waals surface area contributed by atoms with E-state index in [9.17, 15) is 0 Å². The molecule has 0 spiro atoms. The third-order valence-electron chi connectivity index (χ3n) is 3.75. The molecule has 0 saturated heterocycles. The van der Waals surface area contributed by atoms with Gasteiger partial charge in [0.15, 0.2) is 11.9 Å². The number of guanidine groups is 2. The first kappa shape index (κ1) is 17.1. The molecule has 1 aliphatic rings. The van der Waals surface area contributed by atoms with E-state index in [2.05, 4.69) is 29.7 Å². The van der Waals surface area contributed by atoms with E-state index in [4.69, 9.17) is 22.3 Å². The molecule has 0 radical (unpaired) electrons. The summed E-state index contributed by atoms with van der Waals surface area (Å²) in [5.74, 6) is -0.267. The first-order valence-electron chi connectivity index (χ1n) is 6.69. The van der Waals surface area contributed by atoms with E-state index in [1.165, 1.54) is 11.1 Å². The van der Waals surface area contributed by atoms with E-state index in [0.29, 0.717) is 0 Å². The summed E-state index contributed by atoms with van der Waals surface area (Å²) in [7, 11) is 0. The number of hydrogen-bond acceptors (Lipinski definition) is 2. The standard InChI is InChI=1S/C14H22N6.ClH/c1-8-6-9(2)10-4-3-5-14(11(10)7-8,19-12(15)16)20-13(17)18;/h6-7H,3-5H2,1-2H3,(H4,15,16,19)(H4,17,18,20);1H. The number of rotatable bonds is 2. The van der Waals surface area contributed by atoms with Crippen LogP contribution < -0.4 is 22.1 Å². The molecule has 0 bridgehead atoms. The van der Waals surface area contributed by atoms with E-state index in [-0.39, 0.29) is 24.3 Å². The Hall–Kier alpha value is -1.95. The maximum atomic E-state index is 7.56. The van der Waals surface area contributed by atoms with Gasteiger partial charge in [0.2, 0.25) is 0 Å². The fourth-order valence-electron chi connectivity index (χ4n) is 3.13. The second-order valence-electron chi connectivity index (χ2n) is 5.44. The molecular weight excluding hydrogens is 288 g/mol. The van der Waals surface area contributed by atoms with Gasteiger partial charge in [-0.15, -0.1) is 12.4 Å². The van der Waals surface area contributed by atoms with Crippen molar-refractivity contribution in [1.82, 2.24) is 10.6 Å². The first-order chi connectivity index (χ1) is 9.34. The Balaban J connectivity index is 0.00000220. The minimum absolute atomic E-state index is 0. The molecule has 1 aromatic rings. The molecule has 0 unspecified atom stereocenters. The first-order valence-corrected chi connectivity index (χ1v) is 6.69. The van der Waals surface area contributed by atoms with Gasteiger partial charge in [0.05, 0.1) is 0 Å². The van der Waals surface area contributed by atoms with E-state index in [1.807, 2.05) is 6.92 Å². The Bertz CT molecular complexity index is 553. The van der Waals surface area contributed by atoms with E-state index in [0.717, 1.165) is 30.4 Å². The topological polar surface area (TPSA) is 124 Å². The lowest BCUT2D eigenvalue weighted by atomic mass is 9.79. The fraction of sp³-hybridized carbons (Fsp3) is 0.429. The van der Waals surface area contributed by atoms with Gasteiger partial charge in [0.1, 0.15) is 5.66 Å². The van der Waals surface area contributed by atoms with Crippen LogP contribution in [0.4, 0.5) is 0 Å². The number of fused-ring (bicyclic) bond motifs is 1. The van der Waals surface area contributed by atoms with Crippen LogP contribution in [0.1, 0.15) is 35.1 Å². The van der Waals surface area contributed by atoms with E-state index in [1.54, 1.807) is 0 Å². The highest BCUT2D eigenvalue weighted by atomic mass is 35.5. The molecule has 0 aliphatic heterocycles. The zero-order chi connectivity index (χ0) is 14.9. The van der Waals surface area contributed by atoms with Crippen molar-refractivity contribution < 1.29 is 0 Å². The van der Waals surface area contributed by atoms with Crippen molar-refractivity contribution >= 4 is 24.3 Å². The molecule has 0 fully saturated rings. The summed E-state index contributed by atoms with van der Waals surface area (Å²) < 4.78 is 0. The summed E-state index contributed by atoms with van der Waals surface area (Å²) in [6.07, 6.45) is 2.65. The molecule has 1 aromatic carbocycles.